The summed E-state index contributed by atoms with van der Waals surface area (Å²) in [5, 5.41) is 0. The van der Waals surface area contributed by atoms with Crippen molar-refractivity contribution in [2.45, 2.75) is 25.7 Å². The van der Waals surface area contributed by atoms with E-state index in [1.165, 1.54) is 0 Å². The van der Waals surface area contributed by atoms with Crippen LogP contribution in [-0.2, 0) is 0 Å². The van der Waals surface area contributed by atoms with Gasteiger partial charge in [-0.25, -0.2) is 8.78 Å². The fourth-order valence-corrected chi connectivity index (χ4v) is 1.62. The van der Waals surface area contributed by atoms with Crippen LogP contribution in [0.2, 0.25) is 0 Å². The Morgan fingerprint density at radius 2 is 2.10 bits per heavy atom. The predicted molar refractivity (Wildman–Crippen MR) is 35.9 cm³/mol. The van der Waals surface area contributed by atoms with Gasteiger partial charge in [-0.15, -0.1) is 0 Å². The smallest absolute Gasteiger partial charge is 0.248 e. The maximum Gasteiger partial charge on any atom is 0.248 e. The first-order valence-corrected chi connectivity index (χ1v) is 3.63. The van der Waals surface area contributed by atoms with Crippen LogP contribution in [0.3, 0.4) is 0 Å². The fraction of sp³-hybridized carbons (Fsp3) is 1.00. The largest absolute Gasteiger partial charge is 0.330 e. The molecular formula is C7H13F2N. The fourth-order valence-electron chi connectivity index (χ4n) is 1.62. The zero-order chi connectivity index (χ0) is 7.78. The number of alkyl halides is 2. The molecule has 1 fully saturated rings. The molecule has 60 valence electrons. The molecule has 1 rings (SSSR count). The molecule has 0 aliphatic heterocycles. The first-order chi connectivity index (χ1) is 4.55. The van der Waals surface area contributed by atoms with E-state index in [9.17, 15) is 8.78 Å². The molecule has 10 heavy (non-hydrogen) atoms. The molecule has 1 saturated carbocycles. The van der Waals surface area contributed by atoms with Crippen molar-refractivity contribution < 1.29 is 8.78 Å². The van der Waals surface area contributed by atoms with E-state index < -0.39 is 5.92 Å². The normalized spacial score (nSPS) is 38.4. The Kier molecular flexibility index (Phi) is 1.95. The van der Waals surface area contributed by atoms with Gasteiger partial charge in [0.2, 0.25) is 5.92 Å². The molecule has 2 unspecified atom stereocenters. The average Bonchev–Trinajstić information content (AvgIpc) is 2.05. The molecular weight excluding hydrogens is 136 g/mol. The van der Waals surface area contributed by atoms with Crippen molar-refractivity contribution in [1.29, 1.82) is 0 Å². The Hall–Kier alpha value is -0.180. The van der Waals surface area contributed by atoms with Gasteiger partial charge in [0.15, 0.2) is 0 Å². The summed E-state index contributed by atoms with van der Waals surface area (Å²) in [5.41, 5.74) is 5.31. The number of halogens is 2. The summed E-state index contributed by atoms with van der Waals surface area (Å²) in [6.07, 6.45) is 0.0134. The maximum absolute atomic E-state index is 12.6. The lowest BCUT2D eigenvalue weighted by molar-refractivity contribution is 0.00316. The van der Waals surface area contributed by atoms with Crippen LogP contribution in [0.25, 0.3) is 0 Å². The molecule has 0 heterocycles. The Morgan fingerprint density at radius 1 is 1.50 bits per heavy atom. The third-order valence-corrected chi connectivity index (χ3v) is 2.29. The summed E-state index contributed by atoms with van der Waals surface area (Å²) >= 11 is 0. The van der Waals surface area contributed by atoms with Gasteiger partial charge < -0.3 is 5.73 Å². The summed E-state index contributed by atoms with van der Waals surface area (Å²) in [6, 6.07) is 0. The van der Waals surface area contributed by atoms with E-state index in [4.69, 9.17) is 5.73 Å². The Morgan fingerprint density at radius 3 is 2.30 bits per heavy atom. The van der Waals surface area contributed by atoms with E-state index in [-0.39, 0.29) is 24.7 Å². The molecule has 2 atom stereocenters. The second-order valence-corrected chi connectivity index (χ2v) is 3.24. The van der Waals surface area contributed by atoms with E-state index in [2.05, 4.69) is 0 Å². The molecule has 0 aromatic rings. The third kappa shape index (κ3) is 1.45. The van der Waals surface area contributed by atoms with Crippen molar-refractivity contribution in [2.24, 2.45) is 17.6 Å². The van der Waals surface area contributed by atoms with Crippen LogP contribution in [-0.4, -0.2) is 12.5 Å². The van der Waals surface area contributed by atoms with Gasteiger partial charge in [-0.2, -0.15) is 0 Å². The summed E-state index contributed by atoms with van der Waals surface area (Å²) in [5.74, 6) is -2.31. The van der Waals surface area contributed by atoms with E-state index in [1.54, 1.807) is 0 Å². The van der Waals surface area contributed by atoms with Crippen LogP contribution >= 0.6 is 0 Å². The quantitative estimate of drug-likeness (QED) is 0.602. The Balaban J connectivity index is 2.52. The van der Waals surface area contributed by atoms with Gasteiger partial charge in [0.1, 0.15) is 0 Å². The second-order valence-electron chi connectivity index (χ2n) is 3.24. The zero-order valence-electron chi connectivity index (χ0n) is 6.11. The lowest BCUT2D eigenvalue weighted by atomic mass is 9.99. The van der Waals surface area contributed by atoms with Crippen LogP contribution in [0.15, 0.2) is 0 Å². The van der Waals surface area contributed by atoms with Crippen LogP contribution in [0.1, 0.15) is 19.8 Å². The van der Waals surface area contributed by atoms with E-state index in [1.807, 2.05) is 6.92 Å². The number of hydrogen-bond donors (Lipinski definition) is 1. The van der Waals surface area contributed by atoms with Crippen LogP contribution in [0, 0.1) is 11.8 Å². The molecule has 0 aromatic heterocycles. The minimum atomic E-state index is -2.44. The molecule has 0 aromatic carbocycles. The van der Waals surface area contributed by atoms with Gasteiger partial charge in [0.25, 0.3) is 0 Å². The van der Waals surface area contributed by atoms with Crippen LogP contribution in [0.4, 0.5) is 8.78 Å². The molecule has 3 heteroatoms. The van der Waals surface area contributed by atoms with Gasteiger partial charge in [-0.3, -0.25) is 0 Å². The molecule has 0 radical (unpaired) electrons. The molecule has 1 nitrogen and oxygen atoms in total. The van der Waals surface area contributed by atoms with Crippen LogP contribution in [0.5, 0.6) is 0 Å². The van der Waals surface area contributed by atoms with Crippen LogP contribution < -0.4 is 5.73 Å². The molecule has 2 N–H and O–H groups in total. The summed E-state index contributed by atoms with van der Waals surface area (Å²) in [6.45, 7) is 2.25. The van der Waals surface area contributed by atoms with E-state index >= 15 is 0 Å². The second kappa shape index (κ2) is 2.46. The van der Waals surface area contributed by atoms with E-state index in [0.29, 0.717) is 6.54 Å². The lowest BCUT2D eigenvalue weighted by Gasteiger charge is -2.09. The van der Waals surface area contributed by atoms with Crippen molar-refractivity contribution in [1.82, 2.24) is 0 Å². The Labute approximate surface area is 59.6 Å². The van der Waals surface area contributed by atoms with Gasteiger partial charge in [0, 0.05) is 12.8 Å². The summed E-state index contributed by atoms with van der Waals surface area (Å²) < 4.78 is 25.2. The van der Waals surface area contributed by atoms with Crippen molar-refractivity contribution in [3.8, 4) is 0 Å². The zero-order valence-corrected chi connectivity index (χ0v) is 6.11. The number of hydrogen-bond acceptors (Lipinski definition) is 1. The molecule has 1 aliphatic carbocycles. The highest BCUT2D eigenvalue weighted by Gasteiger charge is 2.43. The highest BCUT2D eigenvalue weighted by molar-refractivity contribution is 4.86. The van der Waals surface area contributed by atoms with Gasteiger partial charge in [0.05, 0.1) is 0 Å². The molecule has 0 spiro atoms. The van der Waals surface area contributed by atoms with Crippen molar-refractivity contribution in [3.05, 3.63) is 0 Å². The van der Waals surface area contributed by atoms with Crippen molar-refractivity contribution in [3.63, 3.8) is 0 Å². The van der Waals surface area contributed by atoms with Gasteiger partial charge >= 0.3 is 0 Å². The number of rotatable bonds is 1. The monoisotopic (exact) mass is 149 g/mol. The van der Waals surface area contributed by atoms with Crippen molar-refractivity contribution >= 4 is 0 Å². The van der Waals surface area contributed by atoms with E-state index in [0.717, 1.165) is 0 Å². The SMILES string of the molecule is CC1CC(F)(F)CC1CN. The van der Waals surface area contributed by atoms with Gasteiger partial charge in [-0.05, 0) is 18.4 Å². The minimum Gasteiger partial charge on any atom is -0.330 e. The number of nitrogens with two attached hydrogens (primary N) is 1. The Bertz CT molecular complexity index is 125. The maximum atomic E-state index is 12.6. The standard InChI is InChI=1S/C7H13F2N/c1-5-2-7(8,9)3-6(5)4-10/h5-6H,2-4,10H2,1H3. The topological polar surface area (TPSA) is 26.0 Å². The highest BCUT2D eigenvalue weighted by Crippen LogP contribution is 2.42. The highest BCUT2D eigenvalue weighted by atomic mass is 19.3. The first kappa shape index (κ1) is 7.92. The lowest BCUT2D eigenvalue weighted by Crippen LogP contribution is -2.17. The van der Waals surface area contributed by atoms with Gasteiger partial charge in [-0.1, -0.05) is 6.92 Å². The molecule has 1 aliphatic rings. The first-order valence-electron chi connectivity index (χ1n) is 3.63. The average molecular weight is 149 g/mol. The molecule has 0 amide bonds. The third-order valence-electron chi connectivity index (χ3n) is 2.29. The molecule has 0 saturated heterocycles. The summed E-state index contributed by atoms with van der Waals surface area (Å²) in [7, 11) is 0. The predicted octanol–water partition coefficient (Wildman–Crippen LogP) is 1.63. The molecule has 0 bridgehead atoms. The summed E-state index contributed by atoms with van der Waals surface area (Å²) in [4.78, 5) is 0. The van der Waals surface area contributed by atoms with Crippen molar-refractivity contribution in [2.75, 3.05) is 6.54 Å². The minimum absolute atomic E-state index is 0.00926.